The molecule has 1 atom stereocenters. The van der Waals surface area contributed by atoms with Gasteiger partial charge in [-0.15, -0.1) is 0 Å². The summed E-state index contributed by atoms with van der Waals surface area (Å²) >= 11 is 0. The number of hydrogen-bond acceptors (Lipinski definition) is 4. The molecule has 22 heavy (non-hydrogen) atoms. The summed E-state index contributed by atoms with van der Waals surface area (Å²) in [6.45, 7) is 2.54. The Bertz CT molecular complexity index is 656. The molecule has 2 aromatic rings. The van der Waals surface area contributed by atoms with Gasteiger partial charge in [-0.1, -0.05) is 24.3 Å². The number of carbonyl (C=O) groups is 1. The maximum Gasteiger partial charge on any atom is 0.253 e. The molecule has 0 radical (unpaired) electrons. The molecule has 0 aliphatic rings. The minimum Gasteiger partial charge on any atom is -0.506 e. The Hall–Kier alpha value is -2.40. The van der Waals surface area contributed by atoms with Gasteiger partial charge in [0.05, 0.1) is 17.8 Å². The molecule has 0 saturated carbocycles. The van der Waals surface area contributed by atoms with E-state index < -0.39 is 0 Å². The van der Waals surface area contributed by atoms with Gasteiger partial charge in [0.2, 0.25) is 0 Å². The molecule has 1 aromatic heterocycles. The number of rotatable bonds is 5. The third kappa shape index (κ3) is 3.83. The predicted octanol–water partition coefficient (Wildman–Crippen LogP) is 2.13. The molecule has 0 aliphatic carbocycles. The van der Waals surface area contributed by atoms with Crippen LogP contribution in [0.5, 0.6) is 5.75 Å². The first-order valence-electron chi connectivity index (χ1n) is 7.13. The monoisotopic (exact) mass is 299 g/mol. The number of aryl methyl sites for hydroxylation is 1. The highest BCUT2D eigenvalue weighted by Crippen LogP contribution is 2.21. The lowest BCUT2D eigenvalue weighted by Crippen LogP contribution is -2.34. The highest BCUT2D eigenvalue weighted by atomic mass is 16.3. The van der Waals surface area contributed by atoms with Crippen LogP contribution >= 0.6 is 0 Å². The van der Waals surface area contributed by atoms with Gasteiger partial charge in [-0.2, -0.15) is 0 Å². The van der Waals surface area contributed by atoms with Crippen LogP contribution in [-0.4, -0.2) is 41.5 Å². The highest BCUT2D eigenvalue weighted by molar-refractivity contribution is 5.94. The molecule has 1 aromatic carbocycles. The van der Waals surface area contributed by atoms with E-state index in [0.717, 1.165) is 0 Å². The Morgan fingerprint density at radius 1 is 1.32 bits per heavy atom. The predicted molar refractivity (Wildman–Crippen MR) is 85.8 cm³/mol. The molecular weight excluding hydrogens is 278 g/mol. The Kier molecular flexibility index (Phi) is 5.12. The van der Waals surface area contributed by atoms with Gasteiger partial charge in [0.25, 0.3) is 5.91 Å². The Morgan fingerprint density at radius 2 is 2.05 bits per heavy atom. The maximum atomic E-state index is 12.2. The van der Waals surface area contributed by atoms with Crippen molar-refractivity contribution in [3.8, 4) is 5.75 Å². The lowest BCUT2D eigenvalue weighted by molar-refractivity contribution is 0.0941. The van der Waals surface area contributed by atoms with Crippen molar-refractivity contribution < 1.29 is 9.90 Å². The van der Waals surface area contributed by atoms with E-state index in [4.69, 9.17) is 0 Å². The SMILES string of the molecule is Cc1ccccc1[C@@H](CNC(=O)c1cncc(O)c1)N(C)C. The third-order valence-electron chi connectivity index (χ3n) is 3.61. The molecule has 0 unspecified atom stereocenters. The van der Waals surface area contributed by atoms with Gasteiger partial charge in [-0.25, -0.2) is 0 Å². The van der Waals surface area contributed by atoms with Crippen LogP contribution in [0.2, 0.25) is 0 Å². The van der Waals surface area contributed by atoms with Gasteiger partial charge < -0.3 is 15.3 Å². The van der Waals surface area contributed by atoms with Crippen molar-refractivity contribution in [2.75, 3.05) is 20.6 Å². The molecule has 0 spiro atoms. The van der Waals surface area contributed by atoms with E-state index in [1.807, 2.05) is 26.2 Å². The largest absolute Gasteiger partial charge is 0.506 e. The summed E-state index contributed by atoms with van der Waals surface area (Å²) in [7, 11) is 3.97. The number of nitrogens with one attached hydrogen (secondary N) is 1. The van der Waals surface area contributed by atoms with Gasteiger partial charge in [0.1, 0.15) is 5.75 Å². The number of hydrogen-bond donors (Lipinski definition) is 2. The van der Waals surface area contributed by atoms with Crippen LogP contribution in [-0.2, 0) is 0 Å². The zero-order valence-electron chi connectivity index (χ0n) is 13.1. The lowest BCUT2D eigenvalue weighted by Gasteiger charge is -2.26. The van der Waals surface area contributed by atoms with Crippen LogP contribution in [0, 0.1) is 6.92 Å². The molecule has 0 bridgehead atoms. The van der Waals surface area contributed by atoms with Gasteiger partial charge in [-0.3, -0.25) is 9.78 Å². The van der Waals surface area contributed by atoms with Crippen LogP contribution in [0.4, 0.5) is 0 Å². The maximum absolute atomic E-state index is 12.2. The Balaban J connectivity index is 2.10. The summed E-state index contributed by atoms with van der Waals surface area (Å²) in [4.78, 5) is 18.1. The highest BCUT2D eigenvalue weighted by Gasteiger charge is 2.17. The van der Waals surface area contributed by atoms with Crippen molar-refractivity contribution in [3.05, 3.63) is 59.4 Å². The molecule has 5 heteroatoms. The van der Waals surface area contributed by atoms with Crippen molar-refractivity contribution >= 4 is 5.91 Å². The average Bonchev–Trinajstić information content (AvgIpc) is 2.48. The summed E-state index contributed by atoms with van der Waals surface area (Å²) in [5, 5.41) is 12.3. The number of carbonyl (C=O) groups excluding carboxylic acids is 1. The summed E-state index contributed by atoms with van der Waals surface area (Å²) in [6, 6.07) is 9.62. The third-order valence-corrected chi connectivity index (χ3v) is 3.61. The second-order valence-electron chi connectivity index (χ2n) is 5.48. The average molecular weight is 299 g/mol. The normalized spacial score (nSPS) is 12.2. The van der Waals surface area contributed by atoms with E-state index in [1.165, 1.54) is 29.6 Å². The lowest BCUT2D eigenvalue weighted by atomic mass is 10.0. The number of benzene rings is 1. The fourth-order valence-corrected chi connectivity index (χ4v) is 2.37. The first-order chi connectivity index (χ1) is 10.5. The van der Waals surface area contributed by atoms with Crippen LogP contribution in [0.15, 0.2) is 42.7 Å². The quantitative estimate of drug-likeness (QED) is 0.887. The number of likely N-dealkylation sites (N-methyl/N-ethyl adjacent to an activating group) is 1. The van der Waals surface area contributed by atoms with E-state index >= 15 is 0 Å². The molecule has 1 amide bonds. The topological polar surface area (TPSA) is 65.5 Å². The van der Waals surface area contributed by atoms with Crippen molar-refractivity contribution in [2.45, 2.75) is 13.0 Å². The minimum absolute atomic E-state index is 0.0179. The van der Waals surface area contributed by atoms with Crippen LogP contribution < -0.4 is 5.32 Å². The number of aromatic hydroxyl groups is 1. The molecule has 2 N–H and O–H groups in total. The fourth-order valence-electron chi connectivity index (χ4n) is 2.37. The van der Waals surface area contributed by atoms with Gasteiger partial charge in [0, 0.05) is 12.7 Å². The zero-order chi connectivity index (χ0) is 16.1. The molecule has 5 nitrogen and oxygen atoms in total. The number of nitrogens with zero attached hydrogens (tertiary/aromatic N) is 2. The first kappa shape index (κ1) is 16.0. The molecule has 2 rings (SSSR count). The van der Waals surface area contributed by atoms with Gasteiger partial charge in [-0.05, 0) is 38.2 Å². The van der Waals surface area contributed by atoms with E-state index in [-0.39, 0.29) is 17.7 Å². The second kappa shape index (κ2) is 7.04. The molecular formula is C17H21N3O2. The molecule has 1 heterocycles. The van der Waals surface area contributed by atoms with Crippen molar-refractivity contribution in [3.63, 3.8) is 0 Å². The summed E-state index contributed by atoms with van der Waals surface area (Å²) in [5.74, 6) is -0.264. The molecule has 0 aliphatic heterocycles. The van der Waals surface area contributed by atoms with Gasteiger partial charge in [0.15, 0.2) is 0 Å². The Labute approximate surface area is 130 Å². The fraction of sp³-hybridized carbons (Fsp3) is 0.294. The van der Waals surface area contributed by atoms with E-state index in [2.05, 4.69) is 34.3 Å². The van der Waals surface area contributed by atoms with Crippen molar-refractivity contribution in [2.24, 2.45) is 0 Å². The summed E-state index contributed by atoms with van der Waals surface area (Å²) < 4.78 is 0. The molecule has 0 fully saturated rings. The molecule has 116 valence electrons. The van der Waals surface area contributed by atoms with Gasteiger partial charge >= 0.3 is 0 Å². The van der Waals surface area contributed by atoms with E-state index in [1.54, 1.807) is 0 Å². The van der Waals surface area contributed by atoms with Crippen molar-refractivity contribution in [1.82, 2.24) is 15.2 Å². The number of pyridine rings is 1. The first-order valence-corrected chi connectivity index (χ1v) is 7.13. The second-order valence-corrected chi connectivity index (χ2v) is 5.48. The number of amides is 1. The minimum atomic E-state index is -0.246. The van der Waals surface area contributed by atoms with Crippen LogP contribution in [0.3, 0.4) is 0 Å². The summed E-state index contributed by atoms with van der Waals surface area (Å²) in [6.07, 6.45) is 2.74. The zero-order valence-corrected chi connectivity index (χ0v) is 13.1. The van der Waals surface area contributed by atoms with Crippen LogP contribution in [0.25, 0.3) is 0 Å². The number of aromatic nitrogens is 1. The molecule has 0 saturated heterocycles. The summed E-state index contributed by atoms with van der Waals surface area (Å²) in [5.41, 5.74) is 2.72. The van der Waals surface area contributed by atoms with Crippen LogP contribution in [0.1, 0.15) is 27.5 Å². The van der Waals surface area contributed by atoms with E-state index in [9.17, 15) is 9.90 Å². The smallest absolute Gasteiger partial charge is 0.253 e. The Morgan fingerprint density at radius 3 is 2.68 bits per heavy atom. The standard InChI is InChI=1S/C17H21N3O2/c1-12-6-4-5-7-15(12)16(20(2)3)11-19-17(22)13-8-14(21)10-18-9-13/h4-10,16,21H,11H2,1-3H3,(H,19,22)/t16-/m1/s1. The van der Waals surface area contributed by atoms with Crippen molar-refractivity contribution in [1.29, 1.82) is 0 Å². The van der Waals surface area contributed by atoms with E-state index in [0.29, 0.717) is 12.1 Å².